The van der Waals surface area contributed by atoms with Crippen molar-refractivity contribution < 1.29 is 9.18 Å². The summed E-state index contributed by atoms with van der Waals surface area (Å²) in [6.07, 6.45) is 0. The van der Waals surface area contributed by atoms with E-state index in [-0.39, 0.29) is 10.9 Å². The lowest BCUT2D eigenvalue weighted by Crippen LogP contribution is -2.11. The van der Waals surface area contributed by atoms with Crippen LogP contribution in [0.1, 0.15) is 10.4 Å². The second-order valence-corrected chi connectivity index (χ2v) is 3.86. The van der Waals surface area contributed by atoms with Gasteiger partial charge in [0.2, 0.25) is 0 Å². The van der Waals surface area contributed by atoms with Crippen LogP contribution in [-0.4, -0.2) is 5.91 Å². The van der Waals surface area contributed by atoms with Gasteiger partial charge in [-0.1, -0.05) is 29.8 Å². The van der Waals surface area contributed by atoms with Gasteiger partial charge in [0.1, 0.15) is 5.82 Å². The molecule has 2 rings (SSSR count). The van der Waals surface area contributed by atoms with Crippen molar-refractivity contribution >= 4 is 23.2 Å². The van der Waals surface area contributed by atoms with E-state index in [1.54, 1.807) is 30.3 Å². The van der Waals surface area contributed by atoms with Gasteiger partial charge in [0.25, 0.3) is 5.91 Å². The number of hydrogen-bond donors (Lipinski definition) is 1. The van der Waals surface area contributed by atoms with Gasteiger partial charge in [-0.3, -0.25) is 4.79 Å². The van der Waals surface area contributed by atoms with Crippen molar-refractivity contribution in [1.82, 2.24) is 0 Å². The van der Waals surface area contributed by atoms with Crippen molar-refractivity contribution in [2.75, 3.05) is 5.32 Å². The minimum Gasteiger partial charge on any atom is -0.322 e. The second kappa shape index (κ2) is 4.97. The first-order valence-electron chi connectivity index (χ1n) is 4.98. The summed E-state index contributed by atoms with van der Waals surface area (Å²) in [5.74, 6) is -0.843. The number of benzene rings is 2. The van der Waals surface area contributed by atoms with Crippen LogP contribution in [0.25, 0.3) is 0 Å². The van der Waals surface area contributed by atoms with E-state index >= 15 is 0 Å². The molecule has 2 aromatic rings. The van der Waals surface area contributed by atoms with Crippen molar-refractivity contribution in [2.24, 2.45) is 0 Å². The van der Waals surface area contributed by atoms with Gasteiger partial charge >= 0.3 is 0 Å². The Balaban J connectivity index is 2.16. The summed E-state index contributed by atoms with van der Waals surface area (Å²) < 4.78 is 13.1. The van der Waals surface area contributed by atoms with Gasteiger partial charge in [0, 0.05) is 11.3 Å². The third-order valence-corrected chi connectivity index (χ3v) is 2.52. The van der Waals surface area contributed by atoms with E-state index in [0.717, 1.165) is 0 Å². The topological polar surface area (TPSA) is 29.1 Å². The average molecular weight is 250 g/mol. The largest absolute Gasteiger partial charge is 0.322 e. The Kier molecular flexibility index (Phi) is 3.40. The number of carbonyl (C=O) groups excluding carboxylic acids is 1. The fraction of sp³-hybridized carbons (Fsp3) is 0. The first-order valence-corrected chi connectivity index (χ1v) is 5.36. The number of hydrogen-bond acceptors (Lipinski definition) is 1. The average Bonchev–Trinajstić information content (AvgIpc) is 2.35. The number of rotatable bonds is 2. The van der Waals surface area contributed by atoms with Gasteiger partial charge in [-0.25, -0.2) is 4.39 Å². The van der Waals surface area contributed by atoms with E-state index in [9.17, 15) is 9.18 Å². The zero-order valence-corrected chi connectivity index (χ0v) is 9.54. The highest BCUT2D eigenvalue weighted by Crippen LogP contribution is 2.19. The zero-order chi connectivity index (χ0) is 12.3. The molecular weight excluding hydrogens is 241 g/mol. The fourth-order valence-corrected chi connectivity index (χ4v) is 1.48. The first kappa shape index (κ1) is 11.6. The Bertz CT molecular complexity index is 542. The number of nitrogens with one attached hydrogen (secondary N) is 1. The third kappa shape index (κ3) is 2.82. The predicted molar refractivity (Wildman–Crippen MR) is 65.8 cm³/mol. The SMILES string of the molecule is O=C(Nc1ccc(Cl)c(F)c1)c1ccccc1. The molecule has 0 aliphatic heterocycles. The van der Waals surface area contributed by atoms with E-state index in [1.165, 1.54) is 12.1 Å². The van der Waals surface area contributed by atoms with Crippen LogP contribution in [0.4, 0.5) is 10.1 Å². The summed E-state index contributed by atoms with van der Waals surface area (Å²) in [4.78, 5) is 11.7. The van der Waals surface area contributed by atoms with Crippen molar-refractivity contribution in [1.29, 1.82) is 0 Å². The maximum Gasteiger partial charge on any atom is 0.255 e. The Morgan fingerprint density at radius 2 is 1.82 bits per heavy atom. The molecule has 4 heteroatoms. The lowest BCUT2D eigenvalue weighted by atomic mass is 10.2. The van der Waals surface area contributed by atoms with Crippen LogP contribution in [0.3, 0.4) is 0 Å². The molecule has 0 aliphatic rings. The van der Waals surface area contributed by atoms with Crippen molar-refractivity contribution in [2.45, 2.75) is 0 Å². The summed E-state index contributed by atoms with van der Waals surface area (Å²) >= 11 is 5.55. The Morgan fingerprint density at radius 3 is 2.47 bits per heavy atom. The standard InChI is InChI=1S/C13H9ClFNO/c14-11-7-6-10(8-12(11)15)16-13(17)9-4-2-1-3-5-9/h1-8H,(H,16,17). The van der Waals surface area contributed by atoms with Gasteiger partial charge in [-0.05, 0) is 30.3 Å². The predicted octanol–water partition coefficient (Wildman–Crippen LogP) is 3.73. The summed E-state index contributed by atoms with van der Waals surface area (Å²) in [5, 5.41) is 2.62. The van der Waals surface area contributed by atoms with Crippen molar-refractivity contribution in [3.63, 3.8) is 0 Å². The lowest BCUT2D eigenvalue weighted by molar-refractivity contribution is 0.102. The molecule has 2 aromatic carbocycles. The Labute approximate surface area is 103 Å². The molecule has 0 bridgehead atoms. The van der Waals surface area contributed by atoms with Crippen molar-refractivity contribution in [3.8, 4) is 0 Å². The Morgan fingerprint density at radius 1 is 1.12 bits per heavy atom. The number of halogens is 2. The molecule has 0 saturated carbocycles. The van der Waals surface area contributed by atoms with Crippen LogP contribution in [0.15, 0.2) is 48.5 Å². The molecular formula is C13H9ClFNO. The fourth-order valence-electron chi connectivity index (χ4n) is 1.37. The molecule has 0 radical (unpaired) electrons. The maximum absolute atomic E-state index is 13.1. The molecule has 1 N–H and O–H groups in total. The smallest absolute Gasteiger partial charge is 0.255 e. The summed E-state index contributed by atoms with van der Waals surface area (Å²) in [6, 6.07) is 12.8. The molecule has 0 aliphatic carbocycles. The van der Waals surface area contributed by atoms with E-state index in [0.29, 0.717) is 11.3 Å². The van der Waals surface area contributed by atoms with Crippen LogP contribution < -0.4 is 5.32 Å². The van der Waals surface area contributed by atoms with Gasteiger partial charge < -0.3 is 5.32 Å². The van der Waals surface area contributed by atoms with E-state index in [2.05, 4.69) is 5.32 Å². The molecule has 0 aromatic heterocycles. The maximum atomic E-state index is 13.1. The molecule has 1 amide bonds. The minimum atomic E-state index is -0.558. The van der Waals surface area contributed by atoms with Crippen LogP contribution in [-0.2, 0) is 0 Å². The van der Waals surface area contributed by atoms with E-state index in [1.807, 2.05) is 6.07 Å². The Hall–Kier alpha value is -1.87. The molecule has 0 atom stereocenters. The highest BCUT2D eigenvalue weighted by atomic mass is 35.5. The van der Waals surface area contributed by atoms with Crippen LogP contribution >= 0.6 is 11.6 Å². The highest BCUT2D eigenvalue weighted by Gasteiger charge is 2.06. The number of anilines is 1. The molecule has 0 saturated heterocycles. The van der Waals surface area contributed by atoms with Gasteiger partial charge in [0.05, 0.1) is 5.02 Å². The number of carbonyl (C=O) groups is 1. The minimum absolute atomic E-state index is 0.0303. The lowest BCUT2D eigenvalue weighted by Gasteiger charge is -2.05. The monoisotopic (exact) mass is 249 g/mol. The quantitative estimate of drug-likeness (QED) is 0.863. The summed E-state index contributed by atoms with van der Waals surface area (Å²) in [5.41, 5.74) is 0.892. The van der Waals surface area contributed by atoms with Gasteiger partial charge in [-0.2, -0.15) is 0 Å². The first-order chi connectivity index (χ1) is 8.16. The molecule has 0 fully saturated rings. The molecule has 86 valence electrons. The molecule has 17 heavy (non-hydrogen) atoms. The van der Waals surface area contributed by atoms with Gasteiger partial charge in [0.15, 0.2) is 0 Å². The summed E-state index contributed by atoms with van der Waals surface area (Å²) in [6.45, 7) is 0. The molecule has 2 nitrogen and oxygen atoms in total. The normalized spacial score (nSPS) is 10.0. The van der Waals surface area contributed by atoms with Crippen LogP contribution in [0, 0.1) is 5.82 Å². The highest BCUT2D eigenvalue weighted by molar-refractivity contribution is 6.30. The zero-order valence-electron chi connectivity index (χ0n) is 8.78. The molecule has 0 unspecified atom stereocenters. The summed E-state index contributed by atoms with van der Waals surface area (Å²) in [7, 11) is 0. The second-order valence-electron chi connectivity index (χ2n) is 3.45. The number of amides is 1. The molecule has 0 heterocycles. The van der Waals surface area contributed by atoms with E-state index < -0.39 is 5.82 Å². The van der Waals surface area contributed by atoms with Crippen molar-refractivity contribution in [3.05, 3.63) is 64.9 Å². The van der Waals surface area contributed by atoms with Crippen LogP contribution in [0.5, 0.6) is 0 Å². The third-order valence-electron chi connectivity index (χ3n) is 2.21. The van der Waals surface area contributed by atoms with E-state index in [4.69, 9.17) is 11.6 Å². The molecule has 0 spiro atoms. The van der Waals surface area contributed by atoms with Gasteiger partial charge in [-0.15, -0.1) is 0 Å². The van der Waals surface area contributed by atoms with Crippen LogP contribution in [0.2, 0.25) is 5.02 Å².